The molecule has 0 spiro atoms. The van der Waals surface area contributed by atoms with Crippen LogP contribution >= 0.6 is 27.5 Å². The van der Waals surface area contributed by atoms with Crippen LogP contribution in [0.5, 0.6) is 0 Å². The molecule has 28 heavy (non-hydrogen) atoms. The molecule has 1 atom stereocenters. The molecule has 2 aromatic heterocycles. The van der Waals surface area contributed by atoms with Gasteiger partial charge in [0.2, 0.25) is 0 Å². The molecule has 0 aliphatic carbocycles. The van der Waals surface area contributed by atoms with Gasteiger partial charge in [0, 0.05) is 10.0 Å². The molecular weight excluding hydrogens is 448 g/mol. The number of amides is 1. The Balaban J connectivity index is 1.60. The van der Waals surface area contributed by atoms with E-state index in [0.717, 1.165) is 33.7 Å². The van der Waals surface area contributed by atoms with E-state index in [4.69, 9.17) is 21.3 Å². The number of aromatic nitrogens is 5. The molecule has 2 aliphatic heterocycles. The number of ether oxygens (including phenoxy) is 1. The Hall–Kier alpha value is -2.39. The molecule has 0 N–H and O–H groups in total. The summed E-state index contributed by atoms with van der Waals surface area (Å²) in [6.07, 6.45) is 2.22. The molecule has 5 rings (SSSR count). The maximum absolute atomic E-state index is 12.1. The van der Waals surface area contributed by atoms with Gasteiger partial charge >= 0.3 is 6.09 Å². The summed E-state index contributed by atoms with van der Waals surface area (Å²) >= 11 is 9.86. The molecule has 0 unspecified atom stereocenters. The predicted molar refractivity (Wildman–Crippen MR) is 105 cm³/mol. The van der Waals surface area contributed by atoms with Crippen molar-refractivity contribution in [2.24, 2.45) is 0 Å². The van der Waals surface area contributed by atoms with E-state index in [0.29, 0.717) is 30.7 Å². The van der Waals surface area contributed by atoms with E-state index in [2.05, 4.69) is 26.0 Å². The number of halogens is 2. The van der Waals surface area contributed by atoms with Gasteiger partial charge in [0.15, 0.2) is 16.8 Å². The average Bonchev–Trinajstić information content (AvgIpc) is 3.33. The van der Waals surface area contributed by atoms with Crippen LogP contribution < -0.4 is 0 Å². The first-order valence-electron chi connectivity index (χ1n) is 8.94. The van der Waals surface area contributed by atoms with E-state index in [1.54, 1.807) is 11.2 Å². The highest BCUT2D eigenvalue weighted by atomic mass is 79.9. The van der Waals surface area contributed by atoms with Gasteiger partial charge in [-0.15, -0.1) is 0 Å². The van der Waals surface area contributed by atoms with Crippen LogP contribution in [0.3, 0.4) is 0 Å². The maximum atomic E-state index is 12.1. The van der Waals surface area contributed by atoms with Crippen molar-refractivity contribution in [2.45, 2.75) is 32.5 Å². The Labute approximate surface area is 174 Å². The fourth-order valence-corrected chi connectivity index (χ4v) is 4.24. The van der Waals surface area contributed by atoms with Gasteiger partial charge in [-0.05, 0) is 24.6 Å². The molecule has 144 valence electrons. The monoisotopic (exact) mass is 462 g/mol. The summed E-state index contributed by atoms with van der Waals surface area (Å²) in [7, 11) is 0. The van der Waals surface area contributed by atoms with Crippen LogP contribution in [0.15, 0.2) is 29.0 Å². The van der Waals surface area contributed by atoms with Crippen LogP contribution in [-0.2, 0) is 17.8 Å². The highest BCUT2D eigenvalue weighted by Crippen LogP contribution is 2.34. The van der Waals surface area contributed by atoms with Gasteiger partial charge in [-0.2, -0.15) is 5.10 Å². The first-order valence-corrected chi connectivity index (χ1v) is 10.1. The lowest BCUT2D eigenvalue weighted by Crippen LogP contribution is -2.32. The number of benzene rings is 1. The van der Waals surface area contributed by atoms with Crippen molar-refractivity contribution in [1.29, 1.82) is 0 Å². The number of hydrogen-bond acceptors (Lipinski definition) is 5. The van der Waals surface area contributed by atoms with E-state index in [1.807, 2.05) is 34.4 Å². The highest BCUT2D eigenvalue weighted by Gasteiger charge is 2.33. The van der Waals surface area contributed by atoms with E-state index >= 15 is 0 Å². The topological polar surface area (TPSA) is 78.1 Å². The molecule has 0 radical (unpaired) electrons. The van der Waals surface area contributed by atoms with Crippen molar-refractivity contribution in [1.82, 2.24) is 29.2 Å². The van der Waals surface area contributed by atoms with Crippen LogP contribution in [0.25, 0.3) is 17.1 Å². The van der Waals surface area contributed by atoms with Gasteiger partial charge in [-0.3, -0.25) is 9.47 Å². The maximum Gasteiger partial charge on any atom is 0.410 e. The minimum absolute atomic E-state index is 0.0492. The zero-order valence-corrected chi connectivity index (χ0v) is 17.3. The van der Waals surface area contributed by atoms with Crippen LogP contribution in [0.4, 0.5) is 4.79 Å². The first-order chi connectivity index (χ1) is 13.5. The molecule has 0 bridgehead atoms. The molecule has 3 aromatic rings. The van der Waals surface area contributed by atoms with E-state index < -0.39 is 0 Å². The van der Waals surface area contributed by atoms with Crippen molar-refractivity contribution in [3.8, 4) is 17.1 Å². The number of rotatable bonds is 3. The van der Waals surface area contributed by atoms with Gasteiger partial charge in [-0.1, -0.05) is 34.5 Å². The summed E-state index contributed by atoms with van der Waals surface area (Å²) in [5, 5.41) is 5.10. The Morgan fingerprint density at radius 1 is 1.39 bits per heavy atom. The van der Waals surface area contributed by atoms with Crippen molar-refractivity contribution >= 4 is 33.6 Å². The van der Waals surface area contributed by atoms with Gasteiger partial charge in [-0.25, -0.2) is 19.4 Å². The molecule has 4 heterocycles. The Kier molecular flexibility index (Phi) is 4.17. The van der Waals surface area contributed by atoms with Crippen molar-refractivity contribution in [2.75, 3.05) is 6.61 Å². The molecule has 1 amide bonds. The molecule has 8 nitrogen and oxygen atoms in total. The molecule has 2 aliphatic rings. The third-order valence-electron chi connectivity index (χ3n) is 5.15. The second kappa shape index (κ2) is 6.59. The second-order valence-corrected chi connectivity index (χ2v) is 8.06. The number of carbonyl (C=O) groups is 1. The lowest BCUT2D eigenvalue weighted by molar-refractivity contribution is 0.155. The third kappa shape index (κ3) is 2.72. The number of imidazole rings is 1. The Morgan fingerprint density at radius 3 is 3.07 bits per heavy atom. The first kappa shape index (κ1) is 17.7. The second-order valence-electron chi connectivity index (χ2n) is 6.79. The summed E-state index contributed by atoms with van der Waals surface area (Å²) in [4.78, 5) is 22.8. The van der Waals surface area contributed by atoms with Crippen LogP contribution in [0.1, 0.15) is 24.9 Å². The van der Waals surface area contributed by atoms with Crippen LogP contribution in [0, 0.1) is 0 Å². The average molecular weight is 464 g/mol. The molecule has 1 aromatic carbocycles. The van der Waals surface area contributed by atoms with Crippen LogP contribution in [0.2, 0.25) is 5.15 Å². The SMILES string of the molecule is CC[C@@H]1COC(=O)N1Cc1nc2n(n1)Cc1c(Cl)ncn1-c1ccc(Br)cc1-2. The zero-order valence-electron chi connectivity index (χ0n) is 15.0. The standard InChI is InChI=1S/C18H16BrClN6O2/c1-2-11-8-28-18(27)24(11)7-15-22-17-12-5-10(19)3-4-13(12)25-9-21-16(20)14(25)6-26(17)23-15/h3-5,9,11H,2,6-8H2,1H3/t11-/m1/s1. The predicted octanol–water partition coefficient (Wildman–Crippen LogP) is 3.64. The third-order valence-corrected chi connectivity index (χ3v) is 5.96. The lowest BCUT2D eigenvalue weighted by Gasteiger charge is -2.18. The van der Waals surface area contributed by atoms with Gasteiger partial charge < -0.3 is 4.74 Å². The summed E-state index contributed by atoms with van der Waals surface area (Å²) in [6.45, 7) is 3.20. The lowest BCUT2D eigenvalue weighted by atomic mass is 10.1. The molecule has 1 fully saturated rings. The fraction of sp³-hybridized carbons (Fsp3) is 0.333. The summed E-state index contributed by atoms with van der Waals surface area (Å²) in [6, 6.07) is 6.01. The summed E-state index contributed by atoms with van der Waals surface area (Å²) in [5.41, 5.74) is 2.69. The number of fused-ring (bicyclic) bond motifs is 5. The quantitative estimate of drug-likeness (QED) is 0.463. The molecular formula is C18H16BrClN6O2. The van der Waals surface area contributed by atoms with E-state index in [-0.39, 0.29) is 12.1 Å². The largest absolute Gasteiger partial charge is 0.447 e. The van der Waals surface area contributed by atoms with Gasteiger partial charge in [0.25, 0.3) is 0 Å². The van der Waals surface area contributed by atoms with E-state index in [1.165, 1.54) is 0 Å². The zero-order chi connectivity index (χ0) is 19.4. The summed E-state index contributed by atoms with van der Waals surface area (Å²) in [5.74, 6) is 1.30. The van der Waals surface area contributed by atoms with Gasteiger partial charge in [0.05, 0.1) is 30.5 Å². The number of carbonyl (C=O) groups excluding carboxylic acids is 1. The fourth-order valence-electron chi connectivity index (χ4n) is 3.68. The molecule has 10 heteroatoms. The minimum atomic E-state index is -0.318. The summed E-state index contributed by atoms with van der Waals surface area (Å²) < 4.78 is 9.89. The number of nitrogens with zero attached hydrogens (tertiary/aromatic N) is 6. The number of hydrogen-bond donors (Lipinski definition) is 0. The van der Waals surface area contributed by atoms with Crippen molar-refractivity contribution < 1.29 is 9.53 Å². The smallest absolute Gasteiger partial charge is 0.410 e. The van der Waals surface area contributed by atoms with Crippen molar-refractivity contribution in [3.63, 3.8) is 0 Å². The van der Waals surface area contributed by atoms with E-state index in [9.17, 15) is 4.79 Å². The van der Waals surface area contributed by atoms with Crippen molar-refractivity contribution in [3.05, 3.63) is 45.7 Å². The van der Waals surface area contributed by atoms with Gasteiger partial charge in [0.1, 0.15) is 12.9 Å². The normalized spacial score (nSPS) is 17.8. The Bertz CT molecular complexity index is 1090. The minimum Gasteiger partial charge on any atom is -0.447 e. The Morgan fingerprint density at radius 2 is 2.25 bits per heavy atom. The number of cyclic esters (lactones) is 1. The van der Waals surface area contributed by atoms with Crippen LogP contribution in [-0.4, -0.2) is 48.0 Å². The molecule has 1 saturated heterocycles. The highest BCUT2D eigenvalue weighted by molar-refractivity contribution is 9.10. The molecule has 0 saturated carbocycles.